The van der Waals surface area contributed by atoms with Gasteiger partial charge < -0.3 is 21.3 Å². The maximum Gasteiger partial charge on any atom is 0.394 e. The van der Waals surface area contributed by atoms with Gasteiger partial charge in [-0.3, -0.25) is 9.59 Å². The molecule has 1 aromatic heterocycles. The molecule has 188 valence electrons. The molecule has 4 N–H and O–H groups in total. The minimum absolute atomic E-state index is 0.0646. The molecule has 1 aromatic carbocycles. The summed E-state index contributed by atoms with van der Waals surface area (Å²) >= 11 is 12.1. The Morgan fingerprint density at radius 2 is 1.86 bits per heavy atom. The van der Waals surface area contributed by atoms with E-state index >= 15 is 4.39 Å². The zero-order valence-electron chi connectivity index (χ0n) is 18.0. The van der Waals surface area contributed by atoms with Crippen molar-refractivity contribution in [3.63, 3.8) is 0 Å². The minimum Gasteiger partial charge on any atom is -0.381 e. The van der Waals surface area contributed by atoms with Crippen molar-refractivity contribution >= 4 is 46.5 Å². The van der Waals surface area contributed by atoms with Crippen LogP contribution in [0, 0.1) is 11.7 Å². The maximum atomic E-state index is 15.2. The van der Waals surface area contributed by atoms with Crippen LogP contribution in [0.1, 0.15) is 25.0 Å². The molecule has 2 saturated heterocycles. The highest BCUT2D eigenvalue weighted by Gasteiger charge is 2.57. The number of aromatic nitrogens is 2. The quantitative estimate of drug-likeness (QED) is 0.517. The number of nitrogens with one attached hydrogen (secondary N) is 2. The lowest BCUT2D eigenvalue weighted by Gasteiger charge is -2.47. The monoisotopic (exact) mass is 534 g/mol. The summed E-state index contributed by atoms with van der Waals surface area (Å²) in [6.45, 7) is -0.325. The standard InChI is InChI=1S/C21H20Cl2F4N6O2/c22-10-6-11(23)8-12(7-10)32-20(16-14(24)17(28)31-9-30-16)3-1-5-33(19(20)35)15-13(21(25,26)27)2-4-29-18(15)34/h6-9,13,15,32H,1-5H2,(H,29,34)(H2,28,30,31). The van der Waals surface area contributed by atoms with Crippen LogP contribution in [0.3, 0.4) is 0 Å². The normalized spacial score (nSPS) is 25.4. The first-order valence-electron chi connectivity index (χ1n) is 10.6. The van der Waals surface area contributed by atoms with Crippen LogP contribution in [0.5, 0.6) is 0 Å². The van der Waals surface area contributed by atoms with Crippen LogP contribution in [0.2, 0.25) is 10.0 Å². The van der Waals surface area contributed by atoms with Gasteiger partial charge in [0.15, 0.2) is 17.2 Å². The minimum atomic E-state index is -4.73. The first-order valence-corrected chi connectivity index (χ1v) is 11.4. The van der Waals surface area contributed by atoms with Gasteiger partial charge in [-0.05, 0) is 37.5 Å². The second-order valence-corrected chi connectivity index (χ2v) is 9.26. The number of anilines is 2. The van der Waals surface area contributed by atoms with Gasteiger partial charge in [0.25, 0.3) is 5.91 Å². The number of alkyl halides is 3. The molecule has 3 heterocycles. The van der Waals surface area contributed by atoms with Crippen molar-refractivity contribution in [2.75, 3.05) is 24.1 Å². The van der Waals surface area contributed by atoms with E-state index in [1.807, 2.05) is 0 Å². The number of piperidine rings is 2. The highest BCUT2D eigenvalue weighted by molar-refractivity contribution is 6.35. The molecular weight excluding hydrogens is 515 g/mol. The molecule has 0 spiro atoms. The molecule has 3 atom stereocenters. The highest BCUT2D eigenvalue weighted by Crippen LogP contribution is 2.42. The van der Waals surface area contributed by atoms with Crippen LogP contribution in [-0.4, -0.2) is 52.0 Å². The average molecular weight is 535 g/mol. The molecule has 0 aliphatic carbocycles. The summed E-state index contributed by atoms with van der Waals surface area (Å²) in [6.07, 6.45) is -4.13. The number of halogens is 6. The summed E-state index contributed by atoms with van der Waals surface area (Å²) in [5.74, 6) is -5.64. The highest BCUT2D eigenvalue weighted by atomic mass is 35.5. The Bertz CT molecular complexity index is 1150. The van der Waals surface area contributed by atoms with Gasteiger partial charge in [-0.25, -0.2) is 14.4 Å². The van der Waals surface area contributed by atoms with E-state index in [4.69, 9.17) is 28.9 Å². The third kappa shape index (κ3) is 4.68. The Balaban J connectivity index is 1.85. The third-order valence-electron chi connectivity index (χ3n) is 6.18. The van der Waals surface area contributed by atoms with Crippen molar-refractivity contribution in [1.29, 1.82) is 0 Å². The fourth-order valence-corrected chi connectivity index (χ4v) is 5.21. The molecule has 2 fully saturated rings. The first kappa shape index (κ1) is 25.2. The average Bonchev–Trinajstić information content (AvgIpc) is 2.76. The van der Waals surface area contributed by atoms with E-state index < -0.39 is 59.2 Å². The second kappa shape index (κ2) is 9.30. The Morgan fingerprint density at radius 3 is 2.51 bits per heavy atom. The summed E-state index contributed by atoms with van der Waals surface area (Å²) in [4.78, 5) is 35.0. The summed E-state index contributed by atoms with van der Waals surface area (Å²) < 4.78 is 56.8. The van der Waals surface area contributed by atoms with Crippen LogP contribution >= 0.6 is 23.2 Å². The molecule has 4 rings (SSSR count). The van der Waals surface area contributed by atoms with E-state index in [2.05, 4.69) is 20.6 Å². The van der Waals surface area contributed by atoms with Gasteiger partial charge in [-0.15, -0.1) is 0 Å². The topological polar surface area (TPSA) is 113 Å². The van der Waals surface area contributed by atoms with Crippen molar-refractivity contribution < 1.29 is 27.2 Å². The number of likely N-dealkylation sites (tertiary alicyclic amines) is 1. The van der Waals surface area contributed by atoms with Crippen LogP contribution in [0.15, 0.2) is 24.5 Å². The number of amides is 2. The van der Waals surface area contributed by atoms with Gasteiger partial charge in [-0.2, -0.15) is 13.2 Å². The molecule has 35 heavy (non-hydrogen) atoms. The summed E-state index contributed by atoms with van der Waals surface area (Å²) in [5, 5.41) is 5.68. The lowest BCUT2D eigenvalue weighted by molar-refractivity contribution is -0.202. The Hall–Kier alpha value is -2.86. The van der Waals surface area contributed by atoms with Crippen molar-refractivity contribution in [3.8, 4) is 0 Å². The zero-order valence-corrected chi connectivity index (χ0v) is 19.5. The summed E-state index contributed by atoms with van der Waals surface area (Å²) in [7, 11) is 0. The largest absolute Gasteiger partial charge is 0.394 e. The maximum absolute atomic E-state index is 15.2. The number of hydrogen-bond acceptors (Lipinski definition) is 6. The molecule has 0 radical (unpaired) electrons. The lowest BCUT2D eigenvalue weighted by Crippen LogP contribution is -2.66. The van der Waals surface area contributed by atoms with Gasteiger partial charge >= 0.3 is 6.18 Å². The lowest BCUT2D eigenvalue weighted by atomic mass is 9.80. The number of hydrogen-bond donors (Lipinski definition) is 3. The Morgan fingerprint density at radius 1 is 1.17 bits per heavy atom. The van der Waals surface area contributed by atoms with Gasteiger partial charge in [0.05, 0.1) is 5.92 Å². The van der Waals surface area contributed by atoms with E-state index in [0.717, 1.165) is 11.2 Å². The van der Waals surface area contributed by atoms with Gasteiger partial charge in [0.1, 0.15) is 18.1 Å². The van der Waals surface area contributed by atoms with Crippen LogP contribution in [-0.2, 0) is 15.1 Å². The SMILES string of the molecule is Nc1ncnc(C2(Nc3cc(Cl)cc(Cl)c3)CCCN(C3C(=O)NCCC3C(F)(F)F)C2=O)c1F. The van der Waals surface area contributed by atoms with E-state index in [9.17, 15) is 22.8 Å². The number of carbonyl (C=O) groups is 2. The molecular formula is C21H20Cl2F4N6O2. The molecule has 14 heteroatoms. The molecule has 2 aliphatic rings. The van der Waals surface area contributed by atoms with Gasteiger partial charge in [-0.1, -0.05) is 23.2 Å². The molecule has 8 nitrogen and oxygen atoms in total. The van der Waals surface area contributed by atoms with E-state index in [1.165, 1.54) is 18.2 Å². The van der Waals surface area contributed by atoms with E-state index in [1.54, 1.807) is 0 Å². The number of nitrogens with zero attached hydrogens (tertiary/aromatic N) is 3. The number of carbonyl (C=O) groups excluding carboxylic acids is 2. The second-order valence-electron chi connectivity index (χ2n) is 8.38. The zero-order chi connectivity index (χ0) is 25.5. The van der Waals surface area contributed by atoms with Crippen molar-refractivity contribution in [3.05, 3.63) is 46.1 Å². The van der Waals surface area contributed by atoms with Crippen LogP contribution in [0.4, 0.5) is 29.1 Å². The molecule has 2 amide bonds. The third-order valence-corrected chi connectivity index (χ3v) is 6.61. The van der Waals surface area contributed by atoms with Gasteiger partial charge in [0.2, 0.25) is 5.91 Å². The molecule has 0 bridgehead atoms. The van der Waals surface area contributed by atoms with Crippen LogP contribution in [0.25, 0.3) is 0 Å². The number of benzene rings is 1. The number of nitrogens with two attached hydrogens (primary N) is 1. The summed E-state index contributed by atoms with van der Waals surface area (Å²) in [6, 6.07) is 2.42. The fourth-order valence-electron chi connectivity index (χ4n) is 4.68. The van der Waals surface area contributed by atoms with Crippen molar-refractivity contribution in [2.45, 2.75) is 37.0 Å². The van der Waals surface area contributed by atoms with Crippen molar-refractivity contribution in [1.82, 2.24) is 20.2 Å². The fraction of sp³-hybridized carbons (Fsp3) is 0.429. The van der Waals surface area contributed by atoms with E-state index in [0.29, 0.717) is 0 Å². The smallest absolute Gasteiger partial charge is 0.381 e. The van der Waals surface area contributed by atoms with Crippen molar-refractivity contribution in [2.24, 2.45) is 5.92 Å². The summed E-state index contributed by atoms with van der Waals surface area (Å²) in [5.41, 5.74) is 3.33. The van der Waals surface area contributed by atoms with Gasteiger partial charge in [0, 0.05) is 28.8 Å². The van der Waals surface area contributed by atoms with E-state index in [-0.39, 0.29) is 41.7 Å². The predicted octanol–water partition coefficient (Wildman–Crippen LogP) is 3.50. The molecule has 0 saturated carbocycles. The molecule has 2 aromatic rings. The first-order chi connectivity index (χ1) is 16.4. The number of rotatable bonds is 4. The Kier molecular flexibility index (Phi) is 6.71. The van der Waals surface area contributed by atoms with Crippen LogP contribution < -0.4 is 16.4 Å². The Labute approximate surface area is 207 Å². The number of nitrogen functional groups attached to an aromatic ring is 1. The predicted molar refractivity (Wildman–Crippen MR) is 120 cm³/mol. The molecule has 2 aliphatic heterocycles. The molecule has 3 unspecified atom stereocenters.